The molecule has 23 heavy (non-hydrogen) atoms. The second-order valence-corrected chi connectivity index (χ2v) is 6.81. The molecule has 1 aliphatic rings. The fraction of sp³-hybridized carbons (Fsp3) is 0.471. The molecule has 1 aromatic carbocycles. The normalized spacial score (nSPS) is 19.7. The quantitative estimate of drug-likeness (QED) is 0.836. The molecule has 0 spiro atoms. The van der Waals surface area contributed by atoms with E-state index in [0.29, 0.717) is 0 Å². The van der Waals surface area contributed by atoms with Crippen molar-refractivity contribution in [1.29, 1.82) is 0 Å². The topological polar surface area (TPSA) is 21.1 Å². The van der Waals surface area contributed by atoms with Gasteiger partial charge in [0.1, 0.15) is 6.20 Å². The van der Waals surface area contributed by atoms with Gasteiger partial charge in [-0.3, -0.25) is 5.01 Å². The Bertz CT molecular complexity index is 731. The van der Waals surface area contributed by atoms with Crippen LogP contribution in [-0.2, 0) is 12.6 Å². The predicted molar refractivity (Wildman–Crippen MR) is 81.6 cm³/mol. The van der Waals surface area contributed by atoms with Gasteiger partial charge in [-0.1, -0.05) is 38.1 Å². The van der Waals surface area contributed by atoms with E-state index in [1.54, 1.807) is 12.1 Å². The maximum absolute atomic E-state index is 13.0. The molecule has 0 saturated heterocycles. The van der Waals surface area contributed by atoms with Crippen LogP contribution in [0.5, 0.6) is 0 Å². The molecule has 0 fully saturated rings. The minimum atomic E-state index is -4.46. The number of alkyl halides is 3. The molecular formula is C17H19F3N3. The van der Waals surface area contributed by atoms with Gasteiger partial charge in [-0.2, -0.15) is 18.0 Å². The molecule has 3 rings (SSSR count). The van der Waals surface area contributed by atoms with Crippen LogP contribution >= 0.6 is 0 Å². The monoisotopic (exact) mass is 322 g/mol. The van der Waals surface area contributed by atoms with Crippen molar-refractivity contribution in [1.82, 2.24) is 9.89 Å². The van der Waals surface area contributed by atoms with Crippen molar-refractivity contribution < 1.29 is 13.2 Å². The Balaban J connectivity index is 2.02. The second kappa shape index (κ2) is 5.01. The van der Waals surface area contributed by atoms with Gasteiger partial charge in [0.2, 0.25) is 0 Å². The minimum Gasteiger partial charge on any atom is -0.291 e. The van der Waals surface area contributed by atoms with Crippen molar-refractivity contribution >= 4 is 0 Å². The van der Waals surface area contributed by atoms with Crippen LogP contribution in [0.4, 0.5) is 13.2 Å². The molecule has 1 unspecified atom stereocenters. The van der Waals surface area contributed by atoms with Crippen molar-refractivity contribution in [2.75, 3.05) is 12.1 Å². The van der Waals surface area contributed by atoms with E-state index < -0.39 is 11.9 Å². The highest BCUT2D eigenvalue weighted by atomic mass is 19.4. The fourth-order valence-electron chi connectivity index (χ4n) is 3.60. The Hall–Kier alpha value is -1.98. The van der Waals surface area contributed by atoms with Crippen LogP contribution in [0.15, 0.2) is 24.3 Å². The number of rotatable bonds is 2. The maximum atomic E-state index is 13.0. The van der Waals surface area contributed by atoms with E-state index in [1.165, 1.54) is 17.3 Å². The van der Waals surface area contributed by atoms with Crippen molar-refractivity contribution in [3.05, 3.63) is 52.8 Å². The zero-order chi connectivity index (χ0) is 17.0. The first kappa shape index (κ1) is 15.9. The third-order valence-electron chi connectivity index (χ3n) is 4.49. The lowest BCUT2D eigenvalue weighted by Crippen LogP contribution is -2.41. The number of halogens is 3. The summed E-state index contributed by atoms with van der Waals surface area (Å²) in [6, 6.07) is 8.00. The number of aryl methyl sites for hydroxylation is 1. The maximum Gasteiger partial charge on any atom is 0.435 e. The Labute approximate surface area is 133 Å². The molecule has 1 radical (unpaired) electrons. The molecule has 2 aromatic rings. The summed E-state index contributed by atoms with van der Waals surface area (Å²) in [6.07, 6.45) is -0.875. The zero-order valence-corrected chi connectivity index (χ0v) is 13.6. The minimum absolute atomic E-state index is 0.00781. The van der Waals surface area contributed by atoms with Crippen molar-refractivity contribution in [3.63, 3.8) is 0 Å². The van der Waals surface area contributed by atoms with Crippen LogP contribution in [-0.4, -0.2) is 16.9 Å². The van der Waals surface area contributed by atoms with Gasteiger partial charge in [0.25, 0.3) is 0 Å². The van der Waals surface area contributed by atoms with Crippen LogP contribution in [0.3, 0.4) is 0 Å². The highest BCUT2D eigenvalue weighted by Gasteiger charge is 2.43. The van der Waals surface area contributed by atoms with Crippen LogP contribution in [0.1, 0.15) is 42.3 Å². The molecule has 0 saturated carbocycles. The van der Waals surface area contributed by atoms with Crippen molar-refractivity contribution in [2.24, 2.45) is 5.41 Å². The van der Waals surface area contributed by atoms with Gasteiger partial charge in [-0.15, -0.1) is 5.10 Å². The van der Waals surface area contributed by atoms with Crippen LogP contribution in [0, 0.1) is 18.5 Å². The number of hydrogen-bond donors (Lipinski definition) is 0. The van der Waals surface area contributed by atoms with E-state index in [9.17, 15) is 13.2 Å². The molecule has 123 valence electrons. The zero-order valence-electron chi connectivity index (χ0n) is 13.6. The lowest BCUT2D eigenvalue weighted by molar-refractivity contribution is -0.141. The SMILES string of the molecule is Cc1[c]n(N(C)C2c3ccccc3CC2(C)C)nc1C(F)(F)F. The Morgan fingerprint density at radius 3 is 2.57 bits per heavy atom. The summed E-state index contributed by atoms with van der Waals surface area (Å²) in [5, 5.41) is 5.47. The summed E-state index contributed by atoms with van der Waals surface area (Å²) in [4.78, 5) is 1.20. The average molecular weight is 322 g/mol. The smallest absolute Gasteiger partial charge is 0.291 e. The van der Waals surface area contributed by atoms with E-state index in [1.807, 2.05) is 18.2 Å². The predicted octanol–water partition coefficient (Wildman–Crippen LogP) is 3.90. The molecule has 6 heteroatoms. The van der Waals surface area contributed by atoms with Gasteiger partial charge in [0.05, 0.1) is 6.04 Å². The Kier molecular flexibility index (Phi) is 3.46. The Morgan fingerprint density at radius 2 is 1.96 bits per heavy atom. The number of aromatic nitrogens is 2. The fourth-order valence-corrected chi connectivity index (χ4v) is 3.60. The summed E-state index contributed by atoms with van der Waals surface area (Å²) in [5.74, 6) is 0. The standard InChI is InChI=1S/C17H19F3N3/c1-11-10-23(21-14(11)17(18,19)20)22(4)15-13-8-6-5-7-12(13)9-16(15,2)3/h5-8,15H,9H2,1-4H3. The second-order valence-electron chi connectivity index (χ2n) is 6.81. The van der Waals surface area contributed by atoms with Gasteiger partial charge in [0.15, 0.2) is 5.69 Å². The number of hydrogen-bond acceptors (Lipinski definition) is 2. The summed E-state index contributed by atoms with van der Waals surface area (Å²) in [5.41, 5.74) is 1.39. The molecular weight excluding hydrogens is 303 g/mol. The number of fused-ring (bicyclic) bond motifs is 1. The third kappa shape index (κ3) is 2.60. The molecule has 0 N–H and O–H groups in total. The van der Waals surface area contributed by atoms with E-state index in [-0.39, 0.29) is 17.0 Å². The molecule has 0 aliphatic heterocycles. The largest absolute Gasteiger partial charge is 0.435 e. The van der Waals surface area contributed by atoms with Crippen LogP contribution in [0.25, 0.3) is 0 Å². The average Bonchev–Trinajstić information content (AvgIpc) is 2.93. The van der Waals surface area contributed by atoms with Gasteiger partial charge in [-0.25, -0.2) is 0 Å². The van der Waals surface area contributed by atoms with E-state index in [4.69, 9.17) is 0 Å². The molecule has 0 amide bonds. The lowest BCUT2D eigenvalue weighted by atomic mass is 9.85. The Morgan fingerprint density at radius 1 is 1.30 bits per heavy atom. The summed E-state index contributed by atoms with van der Waals surface area (Å²) in [6.45, 7) is 5.62. The number of benzene rings is 1. The van der Waals surface area contributed by atoms with E-state index >= 15 is 0 Å². The van der Waals surface area contributed by atoms with Gasteiger partial charge in [0, 0.05) is 12.6 Å². The molecule has 1 heterocycles. The van der Waals surface area contributed by atoms with E-state index in [0.717, 1.165) is 12.0 Å². The van der Waals surface area contributed by atoms with E-state index in [2.05, 4.69) is 31.2 Å². The first-order valence-electron chi connectivity index (χ1n) is 7.48. The van der Waals surface area contributed by atoms with Gasteiger partial charge >= 0.3 is 6.18 Å². The number of nitrogens with zero attached hydrogens (tertiary/aromatic N) is 3. The highest BCUT2D eigenvalue weighted by Crippen LogP contribution is 2.47. The first-order valence-corrected chi connectivity index (χ1v) is 7.48. The third-order valence-corrected chi connectivity index (χ3v) is 4.49. The summed E-state index contributed by atoms with van der Waals surface area (Å²) >= 11 is 0. The summed E-state index contributed by atoms with van der Waals surface area (Å²) in [7, 11) is 1.76. The van der Waals surface area contributed by atoms with Gasteiger partial charge in [-0.05, 0) is 29.9 Å². The molecule has 1 aliphatic carbocycles. The van der Waals surface area contributed by atoms with Crippen LogP contribution in [0.2, 0.25) is 0 Å². The van der Waals surface area contributed by atoms with Gasteiger partial charge < -0.3 is 0 Å². The highest BCUT2D eigenvalue weighted by molar-refractivity contribution is 5.40. The summed E-state index contributed by atoms with van der Waals surface area (Å²) < 4.78 is 38.9. The van der Waals surface area contributed by atoms with Crippen molar-refractivity contribution in [3.8, 4) is 0 Å². The van der Waals surface area contributed by atoms with Crippen LogP contribution < -0.4 is 5.01 Å². The lowest BCUT2D eigenvalue weighted by Gasteiger charge is -2.36. The molecule has 1 atom stereocenters. The first-order chi connectivity index (χ1) is 10.6. The molecule has 3 nitrogen and oxygen atoms in total. The van der Waals surface area contributed by atoms with Crippen molar-refractivity contribution in [2.45, 2.75) is 39.4 Å². The molecule has 0 bridgehead atoms. The molecule has 1 aromatic heterocycles.